The molecule has 0 spiro atoms. The van der Waals surface area contributed by atoms with Crippen molar-refractivity contribution in [2.45, 2.75) is 16.7 Å². The van der Waals surface area contributed by atoms with Crippen LogP contribution in [0.3, 0.4) is 0 Å². The minimum atomic E-state index is -4.83. The molecule has 12 nitrogen and oxygen atoms in total. The molecule has 0 unspecified atom stereocenters. The Hall–Kier alpha value is -4.38. The van der Waals surface area contributed by atoms with Crippen LogP contribution in [0.15, 0.2) is 146 Å². The van der Waals surface area contributed by atoms with E-state index in [1.807, 2.05) is 55.5 Å². The second-order valence-corrected chi connectivity index (χ2v) is 13.0. The van der Waals surface area contributed by atoms with Crippen LogP contribution in [0, 0.1) is 6.92 Å². The third-order valence-electron chi connectivity index (χ3n) is 7.10. The van der Waals surface area contributed by atoms with Crippen LogP contribution in [0.1, 0.15) is 5.56 Å². The van der Waals surface area contributed by atoms with Crippen molar-refractivity contribution in [1.29, 1.82) is 0 Å². The van der Waals surface area contributed by atoms with E-state index in [1.54, 1.807) is 30.3 Å². The van der Waals surface area contributed by atoms with Crippen molar-refractivity contribution in [3.63, 3.8) is 0 Å². The molecule has 6 aromatic rings. The minimum absolute atomic E-state index is 0. The summed E-state index contributed by atoms with van der Waals surface area (Å²) in [6, 6.07) is 31.2. The molecule has 0 saturated carbocycles. The Balaban J connectivity index is 0.00000260. The molecule has 48 heavy (non-hydrogen) atoms. The van der Waals surface area contributed by atoms with Gasteiger partial charge in [-0.1, -0.05) is 60.2 Å². The van der Waals surface area contributed by atoms with Crippen LogP contribution in [0.2, 0.25) is 0 Å². The molecular weight excluding hydrogens is 664 g/mol. The number of rotatable bonds is 8. The molecule has 0 radical (unpaired) electrons. The Labute approximate surface area is 299 Å². The molecule has 0 aliphatic rings. The number of benzene rings is 6. The Morgan fingerprint density at radius 2 is 1.12 bits per heavy atom. The van der Waals surface area contributed by atoms with E-state index in [9.17, 15) is 25.9 Å². The van der Waals surface area contributed by atoms with Crippen molar-refractivity contribution in [1.82, 2.24) is 6.15 Å². The standard InChI is InChI=1S/C33H25N5O6S2.H3N.Na/c1-21-12-14-22(15-13-21)34-31-19-18-30(27-10-5-11-32(33(27)31)46(42,43)44)38-37-29-17-16-28(25-8-2-3-9-26(25)29)36-35-23-6-4-7-24(20-23)45(39,40)41;;/h2-20,34H,1H3,(H,39,40,41)(H,42,43,44);1H3;/q;;+1/p-1. The van der Waals surface area contributed by atoms with Gasteiger partial charge in [0.25, 0.3) is 0 Å². The van der Waals surface area contributed by atoms with Crippen molar-refractivity contribution in [2.75, 3.05) is 5.32 Å². The van der Waals surface area contributed by atoms with E-state index in [0.29, 0.717) is 44.6 Å². The third-order valence-corrected chi connectivity index (χ3v) is 8.81. The first-order chi connectivity index (χ1) is 22.0. The summed E-state index contributed by atoms with van der Waals surface area (Å²) in [5, 5.41) is 22.5. The topological polar surface area (TPSA) is 212 Å². The Kier molecular flexibility index (Phi) is 11.2. The average molecular weight is 691 g/mol. The summed E-state index contributed by atoms with van der Waals surface area (Å²) < 4.78 is 71.0. The van der Waals surface area contributed by atoms with Gasteiger partial charge in [-0.05, 0) is 67.6 Å². The van der Waals surface area contributed by atoms with Gasteiger partial charge in [-0.25, -0.2) is 16.8 Å². The second-order valence-electron chi connectivity index (χ2n) is 10.3. The van der Waals surface area contributed by atoms with E-state index in [-0.39, 0.29) is 51.7 Å². The molecule has 0 atom stereocenters. The Bertz CT molecular complexity index is 2420. The smallest absolute Gasteiger partial charge is 0.744 e. The normalized spacial score (nSPS) is 11.9. The molecule has 0 amide bonds. The summed E-state index contributed by atoms with van der Waals surface area (Å²) in [7, 11) is -9.47. The van der Waals surface area contributed by atoms with Gasteiger partial charge in [0.2, 0.25) is 0 Å². The maximum atomic E-state index is 12.3. The first-order valence-corrected chi connectivity index (χ1v) is 16.6. The number of quaternary nitrogens is 1. The van der Waals surface area contributed by atoms with E-state index in [2.05, 4.69) is 25.8 Å². The third kappa shape index (κ3) is 8.01. The van der Waals surface area contributed by atoms with Crippen molar-refractivity contribution >= 4 is 75.9 Å². The van der Waals surface area contributed by atoms with Crippen molar-refractivity contribution < 1.29 is 55.5 Å². The monoisotopic (exact) mass is 690 g/mol. The molecule has 0 heterocycles. The van der Waals surface area contributed by atoms with Gasteiger partial charge in [0.15, 0.2) is 0 Å². The van der Waals surface area contributed by atoms with Crippen LogP contribution < -0.4 is 41.0 Å². The quantitative estimate of drug-likeness (QED) is 0.109. The van der Waals surface area contributed by atoms with E-state index < -0.39 is 25.1 Å². The van der Waals surface area contributed by atoms with Crippen LogP contribution in [0.25, 0.3) is 21.5 Å². The number of hydrogen-bond donors (Lipinski definition) is 2. The summed E-state index contributed by atoms with van der Waals surface area (Å²) in [6.07, 6.45) is 0. The van der Waals surface area contributed by atoms with Gasteiger partial charge in [-0.3, -0.25) is 0 Å². The van der Waals surface area contributed by atoms with E-state index in [1.165, 1.54) is 30.3 Å². The Morgan fingerprint density at radius 3 is 1.73 bits per heavy atom. The van der Waals surface area contributed by atoms with Crippen LogP contribution in [-0.4, -0.2) is 25.9 Å². The van der Waals surface area contributed by atoms with E-state index >= 15 is 0 Å². The predicted octanol–water partition coefficient (Wildman–Crippen LogP) is 6.06. The predicted molar refractivity (Wildman–Crippen MR) is 179 cm³/mol. The molecule has 0 bridgehead atoms. The number of hydrogen-bond acceptors (Lipinski definition) is 11. The molecular formula is C33H27N6NaO6S2. The van der Waals surface area contributed by atoms with Gasteiger partial charge < -0.3 is 20.6 Å². The molecule has 0 aromatic heterocycles. The summed E-state index contributed by atoms with van der Waals surface area (Å²) in [5.74, 6) is 0. The zero-order valence-electron chi connectivity index (χ0n) is 26.0. The van der Waals surface area contributed by atoms with Crippen LogP contribution in [0.5, 0.6) is 0 Å². The van der Waals surface area contributed by atoms with E-state index in [4.69, 9.17) is 0 Å². The SMILES string of the molecule is Cc1ccc(Nc2ccc(N=Nc3ccc(N=Nc4cccc(S(=O)(=O)[O-])c4)c4ccccc34)c3cccc(S(=O)(=O)[O-])c23)cc1.[NH4+].[Na+]. The number of nitrogens with one attached hydrogen (secondary N) is 1. The molecule has 0 saturated heterocycles. The fraction of sp³-hybridized carbons (Fsp3) is 0.0303. The van der Waals surface area contributed by atoms with Gasteiger partial charge in [-0.15, -0.1) is 15.3 Å². The number of azo groups is 2. The summed E-state index contributed by atoms with van der Waals surface area (Å²) in [5.41, 5.74) is 3.68. The maximum absolute atomic E-state index is 12.3. The fourth-order valence-electron chi connectivity index (χ4n) is 4.91. The van der Waals surface area contributed by atoms with Gasteiger partial charge in [-0.2, -0.15) is 5.11 Å². The zero-order valence-corrected chi connectivity index (χ0v) is 29.7. The number of aryl methyl sites for hydroxylation is 1. The molecule has 0 aliphatic carbocycles. The molecule has 15 heteroatoms. The largest absolute Gasteiger partial charge is 1.00 e. The molecule has 6 aromatic carbocycles. The first kappa shape index (κ1) is 36.5. The van der Waals surface area contributed by atoms with Crippen molar-refractivity contribution in [3.05, 3.63) is 121 Å². The van der Waals surface area contributed by atoms with Gasteiger partial charge in [0.1, 0.15) is 20.2 Å². The van der Waals surface area contributed by atoms with Crippen LogP contribution in [0.4, 0.5) is 34.1 Å². The maximum Gasteiger partial charge on any atom is 1.00 e. The second kappa shape index (κ2) is 14.8. The van der Waals surface area contributed by atoms with Crippen molar-refractivity contribution in [3.8, 4) is 0 Å². The summed E-state index contributed by atoms with van der Waals surface area (Å²) >= 11 is 0. The van der Waals surface area contributed by atoms with Gasteiger partial charge >= 0.3 is 29.6 Å². The van der Waals surface area contributed by atoms with Gasteiger partial charge in [0, 0.05) is 32.9 Å². The molecule has 0 fully saturated rings. The van der Waals surface area contributed by atoms with E-state index in [0.717, 1.165) is 11.6 Å². The molecule has 6 rings (SSSR count). The summed E-state index contributed by atoms with van der Waals surface area (Å²) in [4.78, 5) is -0.786. The van der Waals surface area contributed by atoms with Crippen LogP contribution in [-0.2, 0) is 20.2 Å². The number of anilines is 2. The average Bonchev–Trinajstić information content (AvgIpc) is 3.03. The Morgan fingerprint density at radius 1 is 0.583 bits per heavy atom. The first-order valence-electron chi connectivity index (χ1n) is 13.7. The molecule has 238 valence electrons. The zero-order chi connectivity index (χ0) is 32.5. The summed E-state index contributed by atoms with van der Waals surface area (Å²) in [6.45, 7) is 1.95. The number of fused-ring (bicyclic) bond motifs is 2. The molecule has 0 aliphatic heterocycles. The van der Waals surface area contributed by atoms with Crippen molar-refractivity contribution in [2.24, 2.45) is 20.5 Å². The molecule has 5 N–H and O–H groups in total. The minimum Gasteiger partial charge on any atom is -0.744 e. The van der Waals surface area contributed by atoms with Crippen LogP contribution >= 0.6 is 0 Å². The van der Waals surface area contributed by atoms with Gasteiger partial charge in [0.05, 0.1) is 32.5 Å². The fourth-order valence-corrected chi connectivity index (χ4v) is 6.14. The number of nitrogens with zero attached hydrogens (tertiary/aromatic N) is 4.